The number of quaternary nitrogens is 1. The van der Waals surface area contributed by atoms with E-state index >= 15 is 0 Å². The maximum atomic E-state index is 14.5. The quantitative estimate of drug-likeness (QED) is 0.259. The summed E-state index contributed by atoms with van der Waals surface area (Å²) in [6.07, 6.45) is 1.05. The monoisotopic (exact) mass is 694 g/mol. The number of nitrogens with zero attached hydrogens (tertiary/aromatic N) is 3. The first kappa shape index (κ1) is 36.6. The van der Waals surface area contributed by atoms with Crippen molar-refractivity contribution in [2.45, 2.75) is 26.8 Å². The summed E-state index contributed by atoms with van der Waals surface area (Å²) in [6, 6.07) is 14.6. The van der Waals surface area contributed by atoms with Crippen LogP contribution in [0.5, 0.6) is 5.75 Å². The van der Waals surface area contributed by atoms with Crippen LogP contribution in [0.3, 0.4) is 0 Å². The molecule has 258 valence electrons. The number of halogens is 2. The number of aromatic nitrogens is 2. The Kier molecular flexibility index (Phi) is 11.4. The number of piperazine rings is 1. The van der Waals surface area contributed by atoms with Crippen LogP contribution in [-0.2, 0) is 17.8 Å². The third-order valence-electron chi connectivity index (χ3n) is 8.42. The van der Waals surface area contributed by atoms with Crippen LogP contribution in [0.4, 0.5) is 10.1 Å². The number of carboxylic acid groups (broad SMARTS) is 2. The lowest BCUT2D eigenvalue weighted by molar-refractivity contribution is -0.655. The minimum absolute atomic E-state index is 0. The zero-order chi connectivity index (χ0) is 34.7. The summed E-state index contributed by atoms with van der Waals surface area (Å²) >= 11 is 5.88. The molecule has 14 heteroatoms. The molecule has 1 aliphatic rings. The zero-order valence-corrected chi connectivity index (χ0v) is 27.8. The van der Waals surface area contributed by atoms with E-state index in [-0.39, 0.29) is 28.8 Å². The topological polar surface area (TPSA) is 182 Å². The highest BCUT2D eigenvalue weighted by molar-refractivity contribution is 6.30. The van der Waals surface area contributed by atoms with Crippen LogP contribution in [0.15, 0.2) is 65.6 Å². The molecule has 0 bridgehead atoms. The van der Waals surface area contributed by atoms with Crippen LogP contribution >= 0.6 is 11.6 Å². The van der Waals surface area contributed by atoms with E-state index in [1.54, 1.807) is 60.0 Å². The number of pyridine rings is 1. The van der Waals surface area contributed by atoms with Gasteiger partial charge in [0.05, 0.1) is 50.0 Å². The number of fused-ring (bicyclic) bond motifs is 2. The number of carbonyl (C=O) groups excluding carboxylic acids is 2. The number of aromatic carboxylic acids is 1. The van der Waals surface area contributed by atoms with E-state index in [1.807, 2.05) is 11.8 Å². The molecular weight excluding hydrogens is 659 g/mol. The van der Waals surface area contributed by atoms with Gasteiger partial charge in [-0.2, -0.15) is 0 Å². The predicted octanol–water partition coefficient (Wildman–Crippen LogP) is 2.01. The average Bonchev–Trinajstić information content (AvgIpc) is 3.34. The Morgan fingerprint density at radius 2 is 1.69 bits per heavy atom. The van der Waals surface area contributed by atoms with Gasteiger partial charge in [0, 0.05) is 52.2 Å². The number of hydrogen-bond donors (Lipinski definition) is 2. The van der Waals surface area contributed by atoms with Crippen molar-refractivity contribution < 1.29 is 44.5 Å². The molecule has 49 heavy (non-hydrogen) atoms. The van der Waals surface area contributed by atoms with E-state index in [0.717, 1.165) is 26.2 Å². The molecule has 6 rings (SSSR count). The lowest BCUT2D eigenvalue weighted by atomic mass is 10.1. The van der Waals surface area contributed by atoms with Crippen LogP contribution in [0.1, 0.15) is 38.9 Å². The molecule has 0 spiro atoms. The minimum atomic E-state index is -1.30. The first-order valence-corrected chi connectivity index (χ1v) is 15.7. The number of aliphatic carboxylic acids is 1. The predicted molar refractivity (Wildman–Crippen MR) is 181 cm³/mol. The Morgan fingerprint density at radius 3 is 2.29 bits per heavy atom. The highest BCUT2D eigenvalue weighted by Gasteiger charge is 2.22. The lowest BCUT2D eigenvalue weighted by Gasteiger charge is -2.28. The molecule has 1 saturated heterocycles. The van der Waals surface area contributed by atoms with Crippen LogP contribution < -0.4 is 25.5 Å². The summed E-state index contributed by atoms with van der Waals surface area (Å²) in [4.78, 5) is 49.6. The molecule has 3 heterocycles. The van der Waals surface area contributed by atoms with Crippen molar-refractivity contribution in [2.75, 3.05) is 38.2 Å². The van der Waals surface area contributed by atoms with Crippen LogP contribution in [0.25, 0.3) is 21.8 Å². The van der Waals surface area contributed by atoms with Gasteiger partial charge in [0.1, 0.15) is 17.1 Å². The first-order chi connectivity index (χ1) is 22.9. The van der Waals surface area contributed by atoms with Gasteiger partial charge in [0.2, 0.25) is 5.43 Å². The second-order valence-corrected chi connectivity index (χ2v) is 11.7. The van der Waals surface area contributed by atoms with Crippen molar-refractivity contribution in [3.63, 3.8) is 0 Å². The molecule has 0 saturated carbocycles. The Balaban J connectivity index is 0.000000217. The van der Waals surface area contributed by atoms with Crippen LogP contribution in [-0.4, -0.2) is 70.9 Å². The van der Waals surface area contributed by atoms with Gasteiger partial charge in [0.15, 0.2) is 0 Å². The minimum Gasteiger partial charge on any atom is -0.550 e. The molecule has 12 nitrogen and oxygen atoms in total. The number of anilines is 1. The molecule has 0 amide bonds. The van der Waals surface area contributed by atoms with Gasteiger partial charge in [-0.15, -0.1) is 0 Å². The van der Waals surface area contributed by atoms with Crippen molar-refractivity contribution in [3.05, 3.63) is 104 Å². The van der Waals surface area contributed by atoms with E-state index in [1.165, 1.54) is 23.9 Å². The molecule has 0 atom stereocenters. The fourth-order valence-electron chi connectivity index (χ4n) is 5.99. The van der Waals surface area contributed by atoms with Gasteiger partial charge in [0.25, 0.3) is 5.91 Å². The van der Waals surface area contributed by atoms with Gasteiger partial charge < -0.3 is 40.0 Å². The zero-order valence-electron chi connectivity index (χ0n) is 27.1. The summed E-state index contributed by atoms with van der Waals surface area (Å²) in [5, 5.41) is 23.8. The van der Waals surface area contributed by atoms with Gasteiger partial charge in [-0.25, -0.2) is 9.18 Å². The van der Waals surface area contributed by atoms with E-state index in [4.69, 9.17) is 21.4 Å². The first-order valence-electron chi connectivity index (χ1n) is 15.3. The third-order valence-corrected chi connectivity index (χ3v) is 8.68. The van der Waals surface area contributed by atoms with Crippen LogP contribution in [0, 0.1) is 12.7 Å². The maximum Gasteiger partial charge on any atom is 0.341 e. The fraction of sp³-hybridized carbons (Fsp3) is 0.257. The van der Waals surface area contributed by atoms with E-state index in [2.05, 4.69) is 5.32 Å². The van der Waals surface area contributed by atoms with Gasteiger partial charge >= 0.3 is 5.97 Å². The third kappa shape index (κ3) is 7.43. The van der Waals surface area contributed by atoms with E-state index in [9.17, 15) is 28.7 Å². The normalized spacial score (nSPS) is 12.6. The molecule has 0 aliphatic carbocycles. The number of carboxylic acids is 2. The Morgan fingerprint density at radius 1 is 1.02 bits per heavy atom. The number of methoxy groups -OCH3 is 1. The molecule has 1 fully saturated rings. The van der Waals surface area contributed by atoms with Crippen molar-refractivity contribution in [2.24, 2.45) is 0 Å². The summed E-state index contributed by atoms with van der Waals surface area (Å²) in [5.41, 5.74) is 2.23. The second kappa shape index (κ2) is 15.3. The number of benzene rings is 3. The number of aryl methyl sites for hydroxylation is 1. The molecule has 0 radical (unpaired) electrons. The van der Waals surface area contributed by atoms with Crippen molar-refractivity contribution in [1.82, 2.24) is 9.13 Å². The van der Waals surface area contributed by atoms with Crippen molar-refractivity contribution >= 4 is 56.9 Å². The maximum absolute atomic E-state index is 14.5. The van der Waals surface area contributed by atoms with Gasteiger partial charge in [-0.3, -0.25) is 14.2 Å². The van der Waals surface area contributed by atoms with E-state index in [0.29, 0.717) is 56.2 Å². The summed E-state index contributed by atoms with van der Waals surface area (Å²) in [6.45, 7) is 7.35. The molecule has 2 aromatic heterocycles. The van der Waals surface area contributed by atoms with Crippen LogP contribution in [0.2, 0.25) is 5.02 Å². The fourth-order valence-corrected chi connectivity index (χ4v) is 6.11. The Labute approximate surface area is 285 Å². The number of carbonyl (C=O) groups is 3. The smallest absolute Gasteiger partial charge is 0.341 e. The number of ether oxygens (including phenoxy) is 1. The lowest BCUT2D eigenvalue weighted by Crippen LogP contribution is -2.89. The largest absolute Gasteiger partial charge is 0.550 e. The summed E-state index contributed by atoms with van der Waals surface area (Å²) in [5.74, 6) is -2.65. The number of nitrogens with two attached hydrogens (primary N) is 1. The summed E-state index contributed by atoms with van der Waals surface area (Å²) in [7, 11) is 1.53. The second-order valence-electron chi connectivity index (χ2n) is 11.3. The Hall–Kier alpha value is -5.24. The number of hydrogen-bond acceptors (Lipinski definition) is 7. The SMILES string of the molecule is CCn1cc(C(=O)O)c(=O)c2cc(F)c(N3CC[NH2+]CC3)cc21.COc1ccc2c(c1)c(CC(=O)[O-])c(C)n2C(=O)c1ccc(Cl)cc1.O. The molecule has 5 aromatic rings. The van der Waals surface area contributed by atoms with Gasteiger partial charge in [-0.05, 0) is 74.0 Å². The van der Waals surface area contributed by atoms with Crippen molar-refractivity contribution in [3.8, 4) is 5.75 Å². The average molecular weight is 695 g/mol. The molecule has 0 unspecified atom stereocenters. The van der Waals surface area contributed by atoms with Gasteiger partial charge in [-0.1, -0.05) is 11.6 Å². The summed E-state index contributed by atoms with van der Waals surface area (Å²) < 4.78 is 22.9. The molecule has 3 aromatic carbocycles. The highest BCUT2D eigenvalue weighted by atomic mass is 35.5. The standard InChI is InChI=1S/C19H16ClNO4.C16H18FN3O3.H2O/c1-11-15(10-18(22)23)16-9-14(25-2)7-8-17(16)21(11)19(24)12-3-5-13(20)6-4-12;1-2-19-9-11(16(22)23)15(21)10-7-12(17)14(8-13(10)19)20-5-3-18-4-6-20;/h3-9H,10H2,1-2H3,(H,22,23);7-9,18H,2-6H2,1H3,(H,22,23);1H2. The van der Waals surface area contributed by atoms with Crippen molar-refractivity contribution in [1.29, 1.82) is 0 Å². The molecule has 5 N–H and O–H groups in total. The van der Waals surface area contributed by atoms with E-state index < -0.39 is 23.2 Å². The Bertz CT molecular complexity index is 2100. The molecular formula is C35H36ClFN4O8. The number of rotatable bonds is 7. The highest BCUT2D eigenvalue weighted by Crippen LogP contribution is 2.31. The molecule has 1 aliphatic heterocycles.